The molecule has 98 valence electrons. The maximum absolute atomic E-state index is 10.9. The Kier molecular flexibility index (Phi) is 5.65. The van der Waals surface area contributed by atoms with Crippen LogP contribution in [0, 0.1) is 0 Å². The first-order valence-corrected chi connectivity index (χ1v) is 9.18. The van der Waals surface area contributed by atoms with Crippen LogP contribution in [0.4, 0.5) is 0 Å². The van der Waals surface area contributed by atoms with Crippen molar-refractivity contribution >= 4 is 14.3 Å². The quantitative estimate of drug-likeness (QED) is 0.328. The summed E-state index contributed by atoms with van der Waals surface area (Å²) in [4.78, 5) is 10.9. The molecule has 0 fully saturated rings. The lowest BCUT2D eigenvalue weighted by Crippen LogP contribution is -2.34. The predicted molar refractivity (Wildman–Crippen MR) is 75.1 cm³/mol. The highest BCUT2D eigenvalue weighted by atomic mass is 28.4. The molecule has 0 amide bonds. The van der Waals surface area contributed by atoms with Gasteiger partial charge < -0.3 is 9.16 Å². The van der Waals surface area contributed by atoms with Crippen LogP contribution < -0.4 is 4.43 Å². The average Bonchev–Trinajstić information content (AvgIpc) is 2.35. The maximum Gasteiger partial charge on any atom is 0.330 e. The molecule has 0 aliphatic rings. The first-order valence-electron chi connectivity index (χ1n) is 6.07. The van der Waals surface area contributed by atoms with Gasteiger partial charge in [-0.1, -0.05) is 24.8 Å². The van der Waals surface area contributed by atoms with Gasteiger partial charge in [0.15, 0.2) is 0 Å². The highest BCUT2D eigenvalue weighted by Gasteiger charge is 2.23. The molecular weight excluding hydrogens is 244 g/mol. The van der Waals surface area contributed by atoms with Crippen molar-refractivity contribution in [3.63, 3.8) is 0 Å². The van der Waals surface area contributed by atoms with Gasteiger partial charge in [-0.25, -0.2) is 4.79 Å². The summed E-state index contributed by atoms with van der Waals surface area (Å²) >= 11 is 0. The van der Waals surface area contributed by atoms with Crippen molar-refractivity contribution < 1.29 is 14.0 Å². The second-order valence-corrected chi connectivity index (χ2v) is 8.87. The first-order chi connectivity index (χ1) is 8.53. The molecule has 0 saturated heterocycles. The van der Waals surface area contributed by atoms with E-state index < -0.39 is 8.32 Å². The number of hydrogen-bond donors (Lipinski definition) is 0. The fourth-order valence-corrected chi connectivity index (χ4v) is 3.46. The molecular formula is C14H20O3Si. The second kappa shape index (κ2) is 7.01. The lowest BCUT2D eigenvalue weighted by atomic mass is 10.3. The Morgan fingerprint density at radius 1 is 1.33 bits per heavy atom. The zero-order valence-electron chi connectivity index (χ0n) is 11.0. The number of benzene rings is 1. The Labute approximate surface area is 110 Å². The summed E-state index contributed by atoms with van der Waals surface area (Å²) in [6.07, 6.45) is 2.01. The van der Waals surface area contributed by atoms with Gasteiger partial charge in [-0.3, -0.25) is 0 Å². The third kappa shape index (κ3) is 5.68. The highest BCUT2D eigenvalue weighted by Crippen LogP contribution is 2.19. The van der Waals surface area contributed by atoms with Crippen molar-refractivity contribution in [3.05, 3.63) is 43.0 Å². The number of carbonyl (C=O) groups excluding carboxylic acids is 1. The van der Waals surface area contributed by atoms with E-state index >= 15 is 0 Å². The van der Waals surface area contributed by atoms with E-state index in [1.807, 2.05) is 30.3 Å². The van der Waals surface area contributed by atoms with Crippen LogP contribution in [-0.4, -0.2) is 20.9 Å². The largest absolute Gasteiger partial charge is 0.544 e. The van der Waals surface area contributed by atoms with Crippen LogP contribution in [-0.2, 0) is 9.53 Å². The van der Waals surface area contributed by atoms with Crippen molar-refractivity contribution in [2.45, 2.75) is 25.6 Å². The van der Waals surface area contributed by atoms with Crippen LogP contribution in [0.3, 0.4) is 0 Å². The minimum absolute atomic E-state index is 0.363. The van der Waals surface area contributed by atoms with Gasteiger partial charge in [0.05, 0.1) is 6.61 Å². The van der Waals surface area contributed by atoms with E-state index in [1.165, 1.54) is 6.08 Å². The molecule has 1 aromatic carbocycles. The van der Waals surface area contributed by atoms with E-state index in [2.05, 4.69) is 19.7 Å². The van der Waals surface area contributed by atoms with Crippen molar-refractivity contribution in [2.75, 3.05) is 6.61 Å². The number of ether oxygens (including phenoxy) is 1. The molecule has 4 heteroatoms. The van der Waals surface area contributed by atoms with Crippen molar-refractivity contribution in [1.29, 1.82) is 0 Å². The Hall–Kier alpha value is -1.55. The fourth-order valence-electron chi connectivity index (χ4n) is 1.59. The number of para-hydroxylation sites is 1. The van der Waals surface area contributed by atoms with Crippen LogP contribution in [0.2, 0.25) is 19.1 Å². The fraction of sp³-hybridized carbons (Fsp3) is 0.357. The minimum Gasteiger partial charge on any atom is -0.544 e. The Morgan fingerprint density at radius 3 is 2.61 bits per heavy atom. The molecule has 0 unspecified atom stereocenters. The molecule has 0 spiro atoms. The Morgan fingerprint density at radius 2 is 2.00 bits per heavy atom. The molecule has 0 aliphatic heterocycles. The van der Waals surface area contributed by atoms with Gasteiger partial charge in [0.2, 0.25) is 8.32 Å². The van der Waals surface area contributed by atoms with E-state index in [0.717, 1.165) is 18.2 Å². The molecule has 0 bridgehead atoms. The van der Waals surface area contributed by atoms with Gasteiger partial charge in [0.1, 0.15) is 5.75 Å². The van der Waals surface area contributed by atoms with Crippen molar-refractivity contribution in [1.82, 2.24) is 0 Å². The second-order valence-electron chi connectivity index (χ2n) is 4.65. The van der Waals surface area contributed by atoms with Crippen LogP contribution in [0.25, 0.3) is 0 Å². The molecule has 1 rings (SSSR count). The molecule has 0 radical (unpaired) electrons. The van der Waals surface area contributed by atoms with Crippen LogP contribution in [0.1, 0.15) is 6.42 Å². The van der Waals surface area contributed by atoms with Crippen LogP contribution in [0.5, 0.6) is 5.75 Å². The van der Waals surface area contributed by atoms with Crippen LogP contribution >= 0.6 is 0 Å². The van der Waals surface area contributed by atoms with Gasteiger partial charge in [0, 0.05) is 6.08 Å². The van der Waals surface area contributed by atoms with E-state index in [0.29, 0.717) is 6.61 Å². The van der Waals surface area contributed by atoms with Gasteiger partial charge in [-0.15, -0.1) is 0 Å². The lowest BCUT2D eigenvalue weighted by molar-refractivity contribution is -0.137. The summed E-state index contributed by atoms with van der Waals surface area (Å²) in [6, 6.07) is 10.8. The van der Waals surface area contributed by atoms with Gasteiger partial charge in [-0.2, -0.15) is 0 Å². The summed E-state index contributed by atoms with van der Waals surface area (Å²) in [5.41, 5.74) is 0. The summed E-state index contributed by atoms with van der Waals surface area (Å²) in [5.74, 6) is 0.552. The lowest BCUT2D eigenvalue weighted by Gasteiger charge is -2.24. The molecule has 0 N–H and O–H groups in total. The van der Waals surface area contributed by atoms with Crippen LogP contribution in [0.15, 0.2) is 43.0 Å². The molecule has 18 heavy (non-hydrogen) atoms. The third-order valence-electron chi connectivity index (χ3n) is 2.47. The van der Waals surface area contributed by atoms with E-state index in [1.54, 1.807) is 0 Å². The van der Waals surface area contributed by atoms with Crippen molar-refractivity contribution in [2.24, 2.45) is 0 Å². The van der Waals surface area contributed by atoms with Gasteiger partial charge in [-0.05, 0) is 37.7 Å². The first kappa shape index (κ1) is 14.5. The summed E-state index contributed by atoms with van der Waals surface area (Å²) in [5, 5.41) is 0. The highest BCUT2D eigenvalue weighted by molar-refractivity contribution is 6.71. The zero-order chi connectivity index (χ0) is 13.4. The Bertz CT molecular complexity index is 387. The third-order valence-corrected chi connectivity index (χ3v) is 4.82. The number of carbonyl (C=O) groups is 1. The normalized spacial score (nSPS) is 10.8. The SMILES string of the molecule is C=CC(=O)OCCC[Si](C)(C)Oc1ccccc1. The molecule has 0 atom stereocenters. The minimum atomic E-state index is -1.74. The summed E-state index contributed by atoms with van der Waals surface area (Å²) < 4.78 is 11.0. The van der Waals surface area contributed by atoms with Crippen molar-refractivity contribution in [3.8, 4) is 5.75 Å². The molecule has 0 heterocycles. The number of esters is 1. The van der Waals surface area contributed by atoms with Gasteiger partial charge >= 0.3 is 5.97 Å². The zero-order valence-corrected chi connectivity index (χ0v) is 12.0. The molecule has 3 nitrogen and oxygen atoms in total. The molecule has 0 aromatic heterocycles. The molecule has 1 aromatic rings. The topological polar surface area (TPSA) is 35.5 Å². The number of hydrogen-bond acceptors (Lipinski definition) is 3. The standard InChI is InChI=1S/C14H20O3Si/c1-4-14(15)16-11-8-12-18(2,3)17-13-9-6-5-7-10-13/h4-7,9-10H,1,8,11-12H2,2-3H3. The molecule has 0 aliphatic carbocycles. The van der Waals surface area contributed by atoms with E-state index in [4.69, 9.17) is 9.16 Å². The predicted octanol–water partition coefficient (Wildman–Crippen LogP) is 3.39. The number of rotatable bonds is 7. The monoisotopic (exact) mass is 264 g/mol. The maximum atomic E-state index is 10.9. The summed E-state index contributed by atoms with van der Waals surface area (Å²) in [6.45, 7) is 8.11. The molecule has 0 saturated carbocycles. The average molecular weight is 264 g/mol. The van der Waals surface area contributed by atoms with E-state index in [9.17, 15) is 4.79 Å². The Balaban J connectivity index is 2.31. The van der Waals surface area contributed by atoms with Gasteiger partial charge in [0.25, 0.3) is 0 Å². The van der Waals surface area contributed by atoms with E-state index in [-0.39, 0.29) is 5.97 Å². The smallest absolute Gasteiger partial charge is 0.330 e. The summed E-state index contributed by atoms with van der Waals surface area (Å²) in [7, 11) is -1.74.